The lowest BCUT2D eigenvalue weighted by Gasteiger charge is -2.08. The molecule has 8 nitrogen and oxygen atoms in total. The number of H-pyrrole nitrogens is 1. The first-order valence-corrected chi connectivity index (χ1v) is 9.15. The van der Waals surface area contributed by atoms with Crippen molar-refractivity contribution in [3.05, 3.63) is 64.4 Å². The molecule has 2 amide bonds. The van der Waals surface area contributed by atoms with Gasteiger partial charge in [-0.3, -0.25) is 14.4 Å². The number of pyridine rings is 1. The van der Waals surface area contributed by atoms with Gasteiger partial charge in [0.25, 0.3) is 5.56 Å². The fourth-order valence-corrected chi connectivity index (χ4v) is 3.07. The first kappa shape index (κ1) is 18.5. The summed E-state index contributed by atoms with van der Waals surface area (Å²) in [6.45, 7) is -0.00974. The van der Waals surface area contributed by atoms with Crippen LogP contribution in [0.25, 0.3) is 10.9 Å². The Balaban J connectivity index is 1.27. The maximum absolute atomic E-state index is 12.1. The zero-order valence-electron chi connectivity index (χ0n) is 15.5. The van der Waals surface area contributed by atoms with Crippen LogP contribution in [0.2, 0.25) is 0 Å². The number of amides is 2. The minimum absolute atomic E-state index is 0.110. The molecular formula is C21H19N3O5. The van der Waals surface area contributed by atoms with Gasteiger partial charge in [-0.15, -0.1) is 0 Å². The average molecular weight is 393 g/mol. The molecule has 2 aromatic carbocycles. The maximum Gasteiger partial charge on any atom is 0.251 e. The Morgan fingerprint density at radius 2 is 1.83 bits per heavy atom. The number of anilines is 1. The first-order chi connectivity index (χ1) is 14.1. The number of carbonyl (C=O) groups excluding carboxylic acids is 2. The van der Waals surface area contributed by atoms with Gasteiger partial charge in [0, 0.05) is 29.3 Å². The molecule has 0 fully saturated rings. The molecule has 3 aromatic rings. The van der Waals surface area contributed by atoms with E-state index in [1.54, 1.807) is 24.3 Å². The average Bonchev–Trinajstić information content (AvgIpc) is 3.18. The maximum atomic E-state index is 12.1. The third-order valence-corrected chi connectivity index (χ3v) is 4.55. The Kier molecular flexibility index (Phi) is 5.15. The summed E-state index contributed by atoms with van der Waals surface area (Å²) >= 11 is 0. The number of aromatic amines is 1. The van der Waals surface area contributed by atoms with E-state index in [-0.39, 0.29) is 43.6 Å². The van der Waals surface area contributed by atoms with Gasteiger partial charge in [0.15, 0.2) is 11.5 Å². The van der Waals surface area contributed by atoms with Crippen molar-refractivity contribution in [1.82, 2.24) is 10.3 Å². The predicted molar refractivity (Wildman–Crippen MR) is 107 cm³/mol. The highest BCUT2D eigenvalue weighted by molar-refractivity contribution is 5.94. The first-order valence-electron chi connectivity index (χ1n) is 9.15. The predicted octanol–water partition coefficient (Wildman–Crippen LogP) is 1.94. The Morgan fingerprint density at radius 1 is 1.00 bits per heavy atom. The summed E-state index contributed by atoms with van der Waals surface area (Å²) in [7, 11) is 0. The molecule has 3 N–H and O–H groups in total. The van der Waals surface area contributed by atoms with E-state index in [1.807, 2.05) is 24.3 Å². The number of benzene rings is 2. The van der Waals surface area contributed by atoms with Crippen molar-refractivity contribution in [3.63, 3.8) is 0 Å². The summed E-state index contributed by atoms with van der Waals surface area (Å²) < 4.78 is 10.5. The van der Waals surface area contributed by atoms with Crippen LogP contribution in [-0.2, 0) is 16.0 Å². The van der Waals surface area contributed by atoms with Crippen LogP contribution in [0, 0.1) is 0 Å². The van der Waals surface area contributed by atoms with Gasteiger partial charge in [-0.1, -0.05) is 18.2 Å². The fraction of sp³-hybridized carbons (Fsp3) is 0.190. The number of aromatic nitrogens is 1. The molecule has 0 atom stereocenters. The number of ether oxygens (including phenoxy) is 2. The zero-order valence-corrected chi connectivity index (χ0v) is 15.5. The molecule has 1 aliphatic rings. The number of rotatable bonds is 6. The van der Waals surface area contributed by atoms with Gasteiger partial charge in [-0.05, 0) is 36.1 Å². The van der Waals surface area contributed by atoms with E-state index in [0.717, 1.165) is 10.9 Å². The highest BCUT2D eigenvalue weighted by atomic mass is 16.7. The van der Waals surface area contributed by atoms with E-state index < -0.39 is 0 Å². The van der Waals surface area contributed by atoms with Crippen LogP contribution in [0.4, 0.5) is 5.69 Å². The zero-order chi connectivity index (χ0) is 20.2. The fourth-order valence-electron chi connectivity index (χ4n) is 3.07. The highest BCUT2D eigenvalue weighted by Gasteiger charge is 2.14. The molecule has 0 radical (unpaired) electrons. The second-order valence-electron chi connectivity index (χ2n) is 6.60. The largest absolute Gasteiger partial charge is 0.454 e. The van der Waals surface area contributed by atoms with Gasteiger partial charge in [-0.25, -0.2) is 0 Å². The van der Waals surface area contributed by atoms with Gasteiger partial charge >= 0.3 is 0 Å². The summed E-state index contributed by atoms with van der Waals surface area (Å²) in [5, 5.41) is 6.16. The highest BCUT2D eigenvalue weighted by Crippen LogP contribution is 2.34. The minimum atomic E-state index is -0.360. The van der Waals surface area contributed by atoms with Crippen molar-refractivity contribution in [3.8, 4) is 11.5 Å². The SMILES string of the molecule is O=C(CCc1cc2ccccc2[nH]c1=O)NCC(=O)Nc1ccc2c(c1)OCO2. The molecule has 0 spiro atoms. The van der Waals surface area contributed by atoms with Gasteiger partial charge in [0.2, 0.25) is 18.6 Å². The molecule has 0 bridgehead atoms. The van der Waals surface area contributed by atoms with E-state index >= 15 is 0 Å². The lowest BCUT2D eigenvalue weighted by atomic mass is 10.1. The third-order valence-electron chi connectivity index (χ3n) is 4.55. The van der Waals surface area contributed by atoms with E-state index in [2.05, 4.69) is 15.6 Å². The van der Waals surface area contributed by atoms with Gasteiger partial charge in [-0.2, -0.15) is 0 Å². The van der Waals surface area contributed by atoms with E-state index in [0.29, 0.717) is 22.7 Å². The summed E-state index contributed by atoms with van der Waals surface area (Å²) in [4.78, 5) is 39.0. The smallest absolute Gasteiger partial charge is 0.251 e. The van der Waals surface area contributed by atoms with Gasteiger partial charge in [0.05, 0.1) is 6.54 Å². The summed E-state index contributed by atoms with van der Waals surface area (Å²) in [5.74, 6) is 0.520. The van der Waals surface area contributed by atoms with Crippen molar-refractivity contribution in [2.75, 3.05) is 18.7 Å². The Bertz CT molecular complexity index is 1140. The van der Waals surface area contributed by atoms with Crippen LogP contribution in [-0.4, -0.2) is 30.1 Å². The quantitative estimate of drug-likeness (QED) is 0.593. The normalized spacial score (nSPS) is 12.0. The molecule has 0 saturated carbocycles. The Labute approximate surface area is 165 Å². The van der Waals surface area contributed by atoms with Crippen molar-refractivity contribution in [1.29, 1.82) is 0 Å². The van der Waals surface area contributed by atoms with Crippen LogP contribution < -0.4 is 25.7 Å². The van der Waals surface area contributed by atoms with Crippen LogP contribution in [0.1, 0.15) is 12.0 Å². The van der Waals surface area contributed by atoms with Crippen molar-refractivity contribution < 1.29 is 19.1 Å². The van der Waals surface area contributed by atoms with Gasteiger partial charge in [0.1, 0.15) is 0 Å². The Morgan fingerprint density at radius 3 is 2.72 bits per heavy atom. The van der Waals surface area contributed by atoms with Crippen LogP contribution in [0.15, 0.2) is 53.3 Å². The summed E-state index contributed by atoms with van der Waals surface area (Å²) in [5.41, 5.74) is 1.63. The molecular weight excluding hydrogens is 374 g/mol. The second kappa shape index (κ2) is 8.05. The third kappa shape index (κ3) is 4.37. The lowest BCUT2D eigenvalue weighted by molar-refractivity contribution is -0.124. The number of carbonyl (C=O) groups is 2. The molecule has 1 aromatic heterocycles. The van der Waals surface area contributed by atoms with Crippen molar-refractivity contribution >= 4 is 28.4 Å². The Hall–Kier alpha value is -3.81. The number of fused-ring (bicyclic) bond motifs is 2. The topological polar surface area (TPSA) is 110 Å². The lowest BCUT2D eigenvalue weighted by Crippen LogP contribution is -2.33. The standard InChI is InChI=1S/C21H19N3O5/c25-19(8-5-14-9-13-3-1-2-4-16(13)24-21(14)27)22-11-20(26)23-15-6-7-17-18(10-15)29-12-28-17/h1-4,6-7,9-10H,5,8,11-12H2,(H,22,25)(H,23,26)(H,24,27). The van der Waals surface area contributed by atoms with Gasteiger partial charge < -0.3 is 25.1 Å². The van der Waals surface area contributed by atoms with Crippen LogP contribution in [0.5, 0.6) is 11.5 Å². The molecule has 8 heteroatoms. The van der Waals surface area contributed by atoms with Crippen LogP contribution in [0.3, 0.4) is 0 Å². The number of nitrogens with one attached hydrogen (secondary N) is 3. The van der Waals surface area contributed by atoms with Crippen molar-refractivity contribution in [2.45, 2.75) is 12.8 Å². The molecule has 0 saturated heterocycles. The number of para-hydroxylation sites is 1. The molecule has 29 heavy (non-hydrogen) atoms. The molecule has 0 aliphatic carbocycles. The molecule has 0 unspecified atom stereocenters. The minimum Gasteiger partial charge on any atom is -0.454 e. The van der Waals surface area contributed by atoms with E-state index in [1.165, 1.54) is 0 Å². The number of aryl methyl sites for hydroxylation is 1. The summed E-state index contributed by atoms with van der Waals surface area (Å²) in [6.07, 6.45) is 0.397. The molecule has 4 rings (SSSR count). The second-order valence-corrected chi connectivity index (χ2v) is 6.60. The van der Waals surface area contributed by atoms with E-state index in [9.17, 15) is 14.4 Å². The monoisotopic (exact) mass is 393 g/mol. The molecule has 2 heterocycles. The summed E-state index contributed by atoms with van der Waals surface area (Å²) in [6, 6.07) is 14.3. The van der Waals surface area contributed by atoms with E-state index in [4.69, 9.17) is 9.47 Å². The number of hydrogen-bond donors (Lipinski definition) is 3. The van der Waals surface area contributed by atoms with Crippen LogP contribution >= 0.6 is 0 Å². The molecule has 1 aliphatic heterocycles. The molecule has 148 valence electrons. The number of hydrogen-bond acceptors (Lipinski definition) is 5. The van der Waals surface area contributed by atoms with Crippen molar-refractivity contribution in [2.24, 2.45) is 0 Å².